The lowest BCUT2D eigenvalue weighted by Crippen LogP contribution is -2.22. The average molecular weight is 191 g/mol. The molecule has 0 saturated heterocycles. The Kier molecular flexibility index (Phi) is 5.27. The molecule has 0 aromatic rings. The highest BCUT2D eigenvalue weighted by molar-refractivity contribution is 8.14. The second-order valence-corrected chi connectivity index (χ2v) is 3.34. The van der Waals surface area contributed by atoms with E-state index in [9.17, 15) is 4.79 Å². The Morgan fingerprint density at radius 2 is 2.33 bits per heavy atom. The van der Waals surface area contributed by atoms with Crippen LogP contribution in [-0.2, 0) is 9.53 Å². The Balaban J connectivity index is 3.86. The molecule has 0 rings (SSSR count). The van der Waals surface area contributed by atoms with Gasteiger partial charge in [-0.15, -0.1) is 0 Å². The van der Waals surface area contributed by atoms with Crippen LogP contribution in [0.5, 0.6) is 0 Å². The summed E-state index contributed by atoms with van der Waals surface area (Å²) in [6, 6.07) is 0. The number of ether oxygens (including phenoxy) is 1. The van der Waals surface area contributed by atoms with Gasteiger partial charge in [-0.25, -0.2) is 0 Å². The molecule has 0 amide bonds. The lowest BCUT2D eigenvalue weighted by molar-refractivity contribution is -0.142. The van der Waals surface area contributed by atoms with Crippen LogP contribution >= 0.6 is 11.8 Å². The van der Waals surface area contributed by atoms with Crippen LogP contribution in [0, 0.1) is 0 Å². The molecule has 5 nitrogen and oxygen atoms in total. The van der Waals surface area contributed by atoms with Crippen LogP contribution in [0.15, 0.2) is 5.10 Å². The number of hydrogen-bond donors (Lipinski definition) is 2. The van der Waals surface area contributed by atoms with Crippen LogP contribution in [-0.4, -0.2) is 23.0 Å². The zero-order chi connectivity index (χ0) is 9.56. The summed E-state index contributed by atoms with van der Waals surface area (Å²) in [6.45, 7) is 3.79. The maximum absolute atomic E-state index is 11.0. The zero-order valence-electron chi connectivity index (χ0n) is 7.11. The summed E-state index contributed by atoms with van der Waals surface area (Å²) >= 11 is 1.08. The maximum Gasteiger partial charge on any atom is 0.319 e. The van der Waals surface area contributed by atoms with Crippen molar-refractivity contribution in [2.75, 3.05) is 6.61 Å². The van der Waals surface area contributed by atoms with E-state index in [1.54, 1.807) is 13.8 Å². The number of hydrazone groups is 1. The number of nitrogens with zero attached hydrogens (tertiary/aromatic N) is 1. The number of carbonyl (C=O) groups is 1. The lowest BCUT2D eigenvalue weighted by Gasteiger charge is -2.08. The fourth-order valence-electron chi connectivity index (χ4n) is 0.519. The SMILES string of the molecule is CCOC(=O)C(C)SC(N)=NN. The fraction of sp³-hybridized carbons (Fsp3) is 0.667. The van der Waals surface area contributed by atoms with Crippen molar-refractivity contribution in [3.05, 3.63) is 0 Å². The molecule has 0 aliphatic rings. The Morgan fingerprint density at radius 3 is 2.75 bits per heavy atom. The highest BCUT2D eigenvalue weighted by atomic mass is 32.2. The second kappa shape index (κ2) is 5.70. The van der Waals surface area contributed by atoms with E-state index in [4.69, 9.17) is 16.3 Å². The maximum atomic E-state index is 11.0. The molecule has 12 heavy (non-hydrogen) atoms. The first-order valence-corrected chi connectivity index (χ1v) is 4.36. The third-order valence-corrected chi connectivity index (χ3v) is 1.94. The molecule has 0 fully saturated rings. The Bertz CT molecular complexity index is 184. The van der Waals surface area contributed by atoms with Gasteiger partial charge in [-0.05, 0) is 13.8 Å². The molecule has 0 radical (unpaired) electrons. The van der Waals surface area contributed by atoms with Gasteiger partial charge >= 0.3 is 5.97 Å². The molecule has 0 aromatic heterocycles. The number of carbonyl (C=O) groups excluding carboxylic acids is 1. The van der Waals surface area contributed by atoms with Crippen molar-refractivity contribution in [2.24, 2.45) is 16.7 Å². The smallest absolute Gasteiger partial charge is 0.319 e. The summed E-state index contributed by atoms with van der Waals surface area (Å²) < 4.78 is 4.74. The molecule has 4 N–H and O–H groups in total. The van der Waals surface area contributed by atoms with E-state index < -0.39 is 0 Å². The number of hydrogen-bond acceptors (Lipinski definition) is 5. The van der Waals surface area contributed by atoms with Gasteiger partial charge in [0.25, 0.3) is 0 Å². The third kappa shape index (κ3) is 4.07. The molecule has 0 aliphatic carbocycles. The number of amidine groups is 1. The van der Waals surface area contributed by atoms with E-state index in [1.165, 1.54) is 0 Å². The van der Waals surface area contributed by atoms with Gasteiger partial charge in [0.2, 0.25) is 0 Å². The van der Waals surface area contributed by atoms with E-state index >= 15 is 0 Å². The number of esters is 1. The van der Waals surface area contributed by atoms with Gasteiger partial charge in [-0.3, -0.25) is 4.79 Å². The second-order valence-electron chi connectivity index (χ2n) is 1.98. The Morgan fingerprint density at radius 1 is 1.75 bits per heavy atom. The van der Waals surface area contributed by atoms with E-state index in [1.807, 2.05) is 0 Å². The molecule has 0 aliphatic heterocycles. The van der Waals surface area contributed by atoms with Gasteiger partial charge in [0.05, 0.1) is 6.61 Å². The quantitative estimate of drug-likeness (QED) is 0.213. The summed E-state index contributed by atoms with van der Waals surface area (Å²) in [5.74, 6) is 4.57. The van der Waals surface area contributed by atoms with Crippen molar-refractivity contribution in [2.45, 2.75) is 19.1 Å². The van der Waals surface area contributed by atoms with E-state index in [2.05, 4.69) is 5.10 Å². The summed E-state index contributed by atoms with van der Waals surface area (Å²) in [4.78, 5) is 11.0. The topological polar surface area (TPSA) is 90.7 Å². The first-order valence-electron chi connectivity index (χ1n) is 3.48. The van der Waals surface area contributed by atoms with Crippen LogP contribution in [0.2, 0.25) is 0 Å². The van der Waals surface area contributed by atoms with E-state index in [-0.39, 0.29) is 16.4 Å². The van der Waals surface area contributed by atoms with Crippen LogP contribution < -0.4 is 11.6 Å². The van der Waals surface area contributed by atoms with Crippen LogP contribution in [0.1, 0.15) is 13.8 Å². The first-order chi connectivity index (χ1) is 5.61. The predicted octanol–water partition coefficient (Wildman–Crippen LogP) is -0.140. The van der Waals surface area contributed by atoms with Crippen molar-refractivity contribution < 1.29 is 9.53 Å². The molecule has 0 saturated carbocycles. The van der Waals surface area contributed by atoms with Crippen LogP contribution in [0.25, 0.3) is 0 Å². The van der Waals surface area contributed by atoms with Crippen LogP contribution in [0.4, 0.5) is 0 Å². The van der Waals surface area contributed by atoms with E-state index in [0.29, 0.717) is 6.61 Å². The molecule has 6 heteroatoms. The Labute approximate surface area is 75.5 Å². The number of nitrogens with two attached hydrogens (primary N) is 2. The van der Waals surface area contributed by atoms with Gasteiger partial charge in [0.1, 0.15) is 5.25 Å². The summed E-state index contributed by atoms with van der Waals surface area (Å²) in [5, 5.41) is 3.03. The van der Waals surface area contributed by atoms with Gasteiger partial charge in [0.15, 0.2) is 5.17 Å². The molecule has 0 heterocycles. The average Bonchev–Trinajstić information content (AvgIpc) is 2.04. The van der Waals surface area contributed by atoms with Crippen molar-refractivity contribution in [1.82, 2.24) is 0 Å². The highest BCUT2D eigenvalue weighted by Gasteiger charge is 2.15. The molecule has 70 valence electrons. The minimum absolute atomic E-state index is 0.176. The summed E-state index contributed by atoms with van der Waals surface area (Å²) in [7, 11) is 0. The summed E-state index contributed by atoms with van der Waals surface area (Å²) in [5.41, 5.74) is 5.29. The molecule has 0 bridgehead atoms. The molecule has 0 spiro atoms. The van der Waals surface area contributed by atoms with E-state index in [0.717, 1.165) is 11.8 Å². The Hall–Kier alpha value is -0.910. The monoisotopic (exact) mass is 191 g/mol. The zero-order valence-corrected chi connectivity index (χ0v) is 7.93. The van der Waals surface area contributed by atoms with Gasteiger partial charge in [0, 0.05) is 0 Å². The normalized spacial score (nSPS) is 14.0. The largest absolute Gasteiger partial charge is 0.465 e. The molecule has 1 unspecified atom stereocenters. The first kappa shape index (κ1) is 11.1. The molecule has 1 atom stereocenters. The number of thioether (sulfide) groups is 1. The van der Waals surface area contributed by atoms with Gasteiger partial charge in [-0.1, -0.05) is 11.8 Å². The van der Waals surface area contributed by atoms with Crippen LogP contribution in [0.3, 0.4) is 0 Å². The molecular weight excluding hydrogens is 178 g/mol. The third-order valence-electron chi connectivity index (χ3n) is 1.04. The standard InChI is InChI=1S/C6H13N3O2S/c1-3-11-5(10)4(2)12-6(7)9-8/h4H,3,8H2,1-2H3,(H2,7,9). The van der Waals surface area contributed by atoms with Crippen molar-refractivity contribution in [3.63, 3.8) is 0 Å². The van der Waals surface area contributed by atoms with Crippen molar-refractivity contribution >= 4 is 22.9 Å². The highest BCUT2D eigenvalue weighted by Crippen LogP contribution is 2.10. The lowest BCUT2D eigenvalue weighted by atomic mass is 10.5. The van der Waals surface area contributed by atoms with Gasteiger partial charge in [-0.2, -0.15) is 5.10 Å². The fourth-order valence-corrected chi connectivity index (χ4v) is 1.11. The predicted molar refractivity (Wildman–Crippen MR) is 49.5 cm³/mol. The molecule has 0 aromatic carbocycles. The minimum atomic E-state index is -0.364. The van der Waals surface area contributed by atoms with Gasteiger partial charge < -0.3 is 16.3 Å². The number of rotatable bonds is 3. The summed E-state index contributed by atoms with van der Waals surface area (Å²) in [6.07, 6.45) is 0. The van der Waals surface area contributed by atoms with Crippen molar-refractivity contribution in [1.29, 1.82) is 0 Å². The molecular formula is C6H13N3O2S. The minimum Gasteiger partial charge on any atom is -0.465 e. The van der Waals surface area contributed by atoms with Crippen molar-refractivity contribution in [3.8, 4) is 0 Å².